The van der Waals surface area contributed by atoms with Gasteiger partial charge in [0.1, 0.15) is 5.75 Å². The van der Waals surface area contributed by atoms with Gasteiger partial charge in [-0.25, -0.2) is 5.43 Å². The molecule has 0 atom stereocenters. The second-order valence-corrected chi connectivity index (χ2v) is 5.59. The Kier molecular flexibility index (Phi) is 5.84. The molecule has 2 aromatic rings. The van der Waals surface area contributed by atoms with E-state index >= 15 is 0 Å². The predicted octanol–water partition coefficient (Wildman–Crippen LogP) is 3.13. The molecule has 0 aliphatic heterocycles. The lowest BCUT2D eigenvalue weighted by Gasteiger charge is -2.09. The Morgan fingerprint density at radius 1 is 1.20 bits per heavy atom. The van der Waals surface area contributed by atoms with Gasteiger partial charge < -0.3 is 4.74 Å². The lowest BCUT2D eigenvalue weighted by Crippen LogP contribution is -2.25. The summed E-state index contributed by atoms with van der Waals surface area (Å²) in [5.41, 5.74) is 5.71. The molecule has 2 aromatic carbocycles. The number of non-ortho nitro benzene ring substituents is 1. The number of hydrogen-bond acceptors (Lipinski definition) is 5. The van der Waals surface area contributed by atoms with Crippen molar-refractivity contribution in [3.05, 3.63) is 69.3 Å². The van der Waals surface area contributed by atoms with Gasteiger partial charge in [0.2, 0.25) is 0 Å². The van der Waals surface area contributed by atoms with Crippen LogP contribution in [-0.2, 0) is 4.79 Å². The largest absolute Gasteiger partial charge is 0.483 e. The van der Waals surface area contributed by atoms with E-state index in [1.807, 2.05) is 32.0 Å². The van der Waals surface area contributed by atoms with Crippen LogP contribution in [-0.4, -0.2) is 23.1 Å². The first-order chi connectivity index (χ1) is 11.9. The van der Waals surface area contributed by atoms with Crippen LogP contribution >= 0.6 is 0 Å². The molecule has 25 heavy (non-hydrogen) atoms. The molecule has 7 nitrogen and oxygen atoms in total. The number of ether oxygens (including phenoxy) is 1. The molecule has 0 fully saturated rings. The van der Waals surface area contributed by atoms with E-state index in [0.29, 0.717) is 17.0 Å². The first-order valence-corrected chi connectivity index (χ1v) is 7.65. The molecule has 0 aliphatic carbocycles. The van der Waals surface area contributed by atoms with Crippen LogP contribution in [0, 0.1) is 24.0 Å². The Hall–Kier alpha value is -3.22. The first kappa shape index (κ1) is 18.1. The van der Waals surface area contributed by atoms with Crippen LogP contribution in [0.2, 0.25) is 0 Å². The lowest BCUT2D eigenvalue weighted by molar-refractivity contribution is -0.384. The van der Waals surface area contributed by atoms with E-state index in [1.165, 1.54) is 12.1 Å². The monoisotopic (exact) mass is 341 g/mol. The van der Waals surface area contributed by atoms with Crippen molar-refractivity contribution in [2.45, 2.75) is 20.8 Å². The smallest absolute Gasteiger partial charge is 0.277 e. The summed E-state index contributed by atoms with van der Waals surface area (Å²) in [6.45, 7) is 5.45. The quantitative estimate of drug-likeness (QED) is 0.496. The predicted molar refractivity (Wildman–Crippen MR) is 94.9 cm³/mol. The molecule has 2 rings (SSSR count). The zero-order valence-electron chi connectivity index (χ0n) is 14.3. The van der Waals surface area contributed by atoms with Gasteiger partial charge in [-0.3, -0.25) is 14.9 Å². The summed E-state index contributed by atoms with van der Waals surface area (Å²) in [4.78, 5) is 22.0. The van der Waals surface area contributed by atoms with Gasteiger partial charge in [0.15, 0.2) is 6.61 Å². The van der Waals surface area contributed by atoms with Gasteiger partial charge in [-0.2, -0.15) is 5.10 Å². The van der Waals surface area contributed by atoms with E-state index in [0.717, 1.165) is 11.1 Å². The first-order valence-electron chi connectivity index (χ1n) is 7.65. The summed E-state index contributed by atoms with van der Waals surface area (Å²) in [7, 11) is 0. The van der Waals surface area contributed by atoms with Gasteiger partial charge in [0, 0.05) is 12.1 Å². The van der Waals surface area contributed by atoms with Gasteiger partial charge in [-0.05, 0) is 50.1 Å². The fraction of sp³-hybridized carbons (Fsp3) is 0.222. The van der Waals surface area contributed by atoms with Gasteiger partial charge in [0.25, 0.3) is 11.6 Å². The van der Waals surface area contributed by atoms with Crippen LogP contribution in [0.5, 0.6) is 5.75 Å². The van der Waals surface area contributed by atoms with Crippen LogP contribution in [0.15, 0.2) is 47.6 Å². The van der Waals surface area contributed by atoms with Crippen molar-refractivity contribution in [1.82, 2.24) is 5.43 Å². The number of benzene rings is 2. The Bertz CT molecular complexity index is 814. The van der Waals surface area contributed by atoms with E-state index < -0.39 is 4.92 Å². The minimum absolute atomic E-state index is 0.00227. The van der Waals surface area contributed by atoms with Crippen molar-refractivity contribution in [2.24, 2.45) is 5.10 Å². The van der Waals surface area contributed by atoms with Gasteiger partial charge in [-0.1, -0.05) is 17.7 Å². The van der Waals surface area contributed by atoms with Crippen molar-refractivity contribution in [2.75, 3.05) is 6.61 Å². The number of amides is 1. The molecule has 1 N–H and O–H groups in total. The van der Waals surface area contributed by atoms with E-state index in [-0.39, 0.29) is 18.2 Å². The highest BCUT2D eigenvalue weighted by Gasteiger charge is 2.07. The Labute approximate surface area is 145 Å². The third-order valence-electron chi connectivity index (χ3n) is 3.53. The highest BCUT2D eigenvalue weighted by Crippen LogP contribution is 2.18. The van der Waals surface area contributed by atoms with Crippen molar-refractivity contribution in [3.63, 3.8) is 0 Å². The van der Waals surface area contributed by atoms with Crippen LogP contribution in [0.4, 0.5) is 5.69 Å². The number of carbonyl (C=O) groups is 1. The summed E-state index contributed by atoms with van der Waals surface area (Å²) in [5, 5.41) is 14.6. The molecule has 0 bridgehead atoms. The van der Waals surface area contributed by atoms with Gasteiger partial charge in [0.05, 0.1) is 10.6 Å². The number of nitro benzene ring substituents is 1. The van der Waals surface area contributed by atoms with Crippen LogP contribution in [0.3, 0.4) is 0 Å². The highest BCUT2D eigenvalue weighted by atomic mass is 16.6. The normalized spacial score (nSPS) is 11.1. The van der Waals surface area contributed by atoms with E-state index in [1.54, 1.807) is 19.1 Å². The third-order valence-corrected chi connectivity index (χ3v) is 3.53. The maximum Gasteiger partial charge on any atom is 0.277 e. The van der Waals surface area contributed by atoms with E-state index in [2.05, 4.69) is 10.5 Å². The number of nitrogens with zero attached hydrogens (tertiary/aromatic N) is 2. The summed E-state index contributed by atoms with van der Waals surface area (Å²) >= 11 is 0. The zero-order valence-corrected chi connectivity index (χ0v) is 14.3. The Balaban J connectivity index is 1.91. The number of carbonyl (C=O) groups excluding carboxylic acids is 1. The molecule has 1 amide bonds. The van der Waals surface area contributed by atoms with Crippen LogP contribution < -0.4 is 10.2 Å². The average Bonchev–Trinajstić information content (AvgIpc) is 2.59. The highest BCUT2D eigenvalue weighted by molar-refractivity contribution is 5.99. The van der Waals surface area contributed by atoms with Gasteiger partial charge in [-0.15, -0.1) is 0 Å². The molecule has 0 radical (unpaired) electrons. The molecule has 0 saturated carbocycles. The number of nitro groups is 1. The van der Waals surface area contributed by atoms with E-state index in [4.69, 9.17) is 4.74 Å². The van der Waals surface area contributed by atoms with Crippen LogP contribution in [0.1, 0.15) is 23.6 Å². The average molecular weight is 341 g/mol. The molecule has 0 aliphatic rings. The van der Waals surface area contributed by atoms with Gasteiger partial charge >= 0.3 is 0 Å². The maximum absolute atomic E-state index is 11.8. The number of rotatable bonds is 6. The summed E-state index contributed by atoms with van der Waals surface area (Å²) in [5.74, 6) is 0.262. The number of hydrogen-bond donors (Lipinski definition) is 1. The Morgan fingerprint density at radius 3 is 2.48 bits per heavy atom. The standard InChI is InChI=1S/C18H19N3O4/c1-12-4-9-17(13(2)10-12)25-11-18(22)20-19-14(3)15-5-7-16(8-6-15)21(23)24/h4-10H,11H2,1-3H3,(H,20,22). The molecule has 7 heteroatoms. The number of aryl methyl sites for hydroxylation is 2. The molecule has 0 heterocycles. The molecule has 0 saturated heterocycles. The number of hydrazone groups is 1. The zero-order chi connectivity index (χ0) is 18.4. The summed E-state index contributed by atoms with van der Waals surface area (Å²) in [6, 6.07) is 11.6. The molecular weight excluding hydrogens is 322 g/mol. The fourth-order valence-corrected chi connectivity index (χ4v) is 2.17. The number of nitrogens with one attached hydrogen (secondary N) is 1. The summed E-state index contributed by atoms with van der Waals surface area (Å²) in [6.07, 6.45) is 0. The minimum Gasteiger partial charge on any atom is -0.483 e. The topological polar surface area (TPSA) is 93.8 Å². The fourth-order valence-electron chi connectivity index (χ4n) is 2.17. The molecular formula is C18H19N3O4. The van der Waals surface area contributed by atoms with Crippen molar-refractivity contribution >= 4 is 17.3 Å². The SMILES string of the molecule is CC(=NNC(=O)COc1ccc(C)cc1C)c1ccc([N+](=O)[O-])cc1. The van der Waals surface area contributed by atoms with Crippen molar-refractivity contribution < 1.29 is 14.5 Å². The summed E-state index contributed by atoms with van der Waals surface area (Å²) < 4.78 is 5.48. The second-order valence-electron chi connectivity index (χ2n) is 5.59. The molecule has 130 valence electrons. The lowest BCUT2D eigenvalue weighted by atomic mass is 10.1. The third kappa shape index (κ3) is 5.13. The van der Waals surface area contributed by atoms with E-state index in [9.17, 15) is 14.9 Å². The minimum atomic E-state index is -0.470. The second kappa shape index (κ2) is 8.05. The maximum atomic E-state index is 11.8. The Morgan fingerprint density at radius 2 is 1.88 bits per heavy atom. The molecule has 0 aromatic heterocycles. The van der Waals surface area contributed by atoms with Crippen LogP contribution in [0.25, 0.3) is 0 Å². The van der Waals surface area contributed by atoms with Crippen molar-refractivity contribution in [3.8, 4) is 5.75 Å². The molecule has 0 spiro atoms. The molecule has 0 unspecified atom stereocenters. The van der Waals surface area contributed by atoms with Crippen molar-refractivity contribution in [1.29, 1.82) is 0 Å².